The van der Waals surface area contributed by atoms with Gasteiger partial charge in [0.25, 0.3) is 11.8 Å². The first-order valence-electron chi connectivity index (χ1n) is 9.89. The molecule has 13 nitrogen and oxygen atoms in total. The number of hydrogen-bond acceptors (Lipinski definition) is 9. The van der Waals surface area contributed by atoms with Gasteiger partial charge in [0.05, 0.1) is 23.7 Å². The van der Waals surface area contributed by atoms with Crippen molar-refractivity contribution < 1.29 is 43.8 Å². The third-order valence-electron chi connectivity index (χ3n) is 4.63. The van der Waals surface area contributed by atoms with Gasteiger partial charge in [-0.15, -0.1) is 0 Å². The number of rotatable bonds is 12. The maximum atomic E-state index is 12.4. The average Bonchev–Trinajstić information content (AvgIpc) is 3.03. The molecule has 1 aliphatic heterocycles. The minimum Gasteiger partial charge on any atom is -0.481 e. The molecule has 1 aliphatic rings. The maximum Gasteiger partial charge on any atom is 0.322 e. The Morgan fingerprint density at radius 3 is 2.09 bits per heavy atom. The molecule has 2 rings (SSSR count). The van der Waals surface area contributed by atoms with Crippen molar-refractivity contribution in [2.45, 2.75) is 24.9 Å². The number of nitrogens with two attached hydrogens (primary N) is 1. The van der Waals surface area contributed by atoms with E-state index in [1.807, 2.05) is 0 Å². The summed E-state index contributed by atoms with van der Waals surface area (Å²) in [6.45, 7) is -1.32. The molecule has 0 saturated carbocycles. The van der Waals surface area contributed by atoms with Crippen molar-refractivity contribution in [3.63, 3.8) is 0 Å². The fraction of sp³-hybridized carbons (Fsp3) is 0.350. The molecule has 0 radical (unpaired) electrons. The second-order valence-corrected chi connectivity index (χ2v) is 8.21. The van der Waals surface area contributed by atoms with Gasteiger partial charge in [0.1, 0.15) is 12.6 Å². The number of carbonyl (C=O) groups excluding carboxylic acids is 5. The Morgan fingerprint density at radius 2 is 1.56 bits per heavy atom. The van der Waals surface area contributed by atoms with Crippen molar-refractivity contribution in [2.24, 2.45) is 5.73 Å². The van der Waals surface area contributed by atoms with E-state index < -0.39 is 72.3 Å². The van der Waals surface area contributed by atoms with E-state index in [9.17, 15) is 33.6 Å². The zero-order valence-electron chi connectivity index (χ0n) is 17.7. The molecule has 0 bridgehead atoms. The molecule has 0 unspecified atom stereocenters. The van der Waals surface area contributed by atoms with Crippen molar-refractivity contribution in [3.8, 4) is 0 Å². The Kier molecular flexibility index (Phi) is 9.27. The van der Waals surface area contributed by atoms with Crippen LogP contribution in [0.15, 0.2) is 24.3 Å². The summed E-state index contributed by atoms with van der Waals surface area (Å²) < 4.78 is 0. The van der Waals surface area contributed by atoms with Gasteiger partial charge in [-0.1, -0.05) is 23.9 Å². The van der Waals surface area contributed by atoms with Gasteiger partial charge in [-0.2, -0.15) is 0 Å². The smallest absolute Gasteiger partial charge is 0.322 e. The normalized spacial score (nSPS) is 14.2. The van der Waals surface area contributed by atoms with Gasteiger partial charge in [0, 0.05) is 12.2 Å². The van der Waals surface area contributed by atoms with E-state index in [1.165, 1.54) is 12.1 Å². The van der Waals surface area contributed by atoms with Crippen LogP contribution in [-0.4, -0.2) is 86.7 Å². The molecular formula is C20H22N4O9S. The highest BCUT2D eigenvalue weighted by molar-refractivity contribution is 8.13. The van der Waals surface area contributed by atoms with Gasteiger partial charge in [0.2, 0.25) is 16.9 Å². The number of carboxylic acids is 2. The van der Waals surface area contributed by atoms with Crippen molar-refractivity contribution in [1.82, 2.24) is 15.5 Å². The van der Waals surface area contributed by atoms with E-state index in [2.05, 4.69) is 10.6 Å². The molecule has 2 atom stereocenters. The minimum absolute atomic E-state index is 0.166. The van der Waals surface area contributed by atoms with Crippen LogP contribution in [0.2, 0.25) is 0 Å². The minimum atomic E-state index is -1.39. The number of aliphatic carboxylic acids is 2. The summed E-state index contributed by atoms with van der Waals surface area (Å²) in [5, 5.41) is 21.1. The second-order valence-electron chi connectivity index (χ2n) is 7.14. The standard InChI is InChI=1S/C20H22N4O9S/c21-12(5-6-14(25)26)17(30)23-13(18(31)22-7-15(27)28)9-34-16(29)8-24-19(32)10-3-1-2-4-11(10)20(24)33/h1-4,12-13H,5-9,21H2,(H,22,31)(H,23,30)(H,25,26)(H,27,28)/t12-,13-/m0/s1. The van der Waals surface area contributed by atoms with Crippen molar-refractivity contribution >= 4 is 52.4 Å². The topological polar surface area (TPSA) is 213 Å². The van der Waals surface area contributed by atoms with E-state index in [0.29, 0.717) is 11.8 Å². The first-order valence-corrected chi connectivity index (χ1v) is 10.9. The van der Waals surface area contributed by atoms with E-state index in [1.54, 1.807) is 12.1 Å². The van der Waals surface area contributed by atoms with Crippen LogP contribution in [0.3, 0.4) is 0 Å². The number of hydrogen-bond donors (Lipinski definition) is 5. The van der Waals surface area contributed by atoms with Crippen LogP contribution in [0, 0.1) is 0 Å². The van der Waals surface area contributed by atoms with Crippen molar-refractivity contribution in [1.29, 1.82) is 0 Å². The molecule has 1 heterocycles. The van der Waals surface area contributed by atoms with Crippen molar-refractivity contribution in [2.75, 3.05) is 18.8 Å². The number of imide groups is 1. The van der Waals surface area contributed by atoms with Crippen LogP contribution in [0.4, 0.5) is 0 Å². The van der Waals surface area contributed by atoms with Crippen LogP contribution >= 0.6 is 11.8 Å². The lowest BCUT2D eigenvalue weighted by atomic mass is 10.1. The third-order valence-corrected chi connectivity index (χ3v) is 5.58. The monoisotopic (exact) mass is 494 g/mol. The second kappa shape index (κ2) is 11.9. The summed E-state index contributed by atoms with van der Waals surface area (Å²) in [5.74, 6) is -5.93. The highest BCUT2D eigenvalue weighted by atomic mass is 32.2. The predicted molar refractivity (Wildman–Crippen MR) is 117 cm³/mol. The first-order chi connectivity index (χ1) is 16.0. The fourth-order valence-corrected chi connectivity index (χ4v) is 3.70. The van der Waals surface area contributed by atoms with Gasteiger partial charge in [0.15, 0.2) is 0 Å². The van der Waals surface area contributed by atoms with E-state index in [0.717, 1.165) is 4.90 Å². The van der Waals surface area contributed by atoms with Crippen LogP contribution in [0.25, 0.3) is 0 Å². The molecule has 34 heavy (non-hydrogen) atoms. The highest BCUT2D eigenvalue weighted by Gasteiger charge is 2.36. The molecular weight excluding hydrogens is 472 g/mol. The van der Waals surface area contributed by atoms with Crippen LogP contribution in [0.1, 0.15) is 33.6 Å². The molecule has 0 fully saturated rings. The SMILES string of the molecule is N[C@@H](CCC(=O)O)C(=O)N[C@@H](CSC(=O)CN1C(=O)c2ccccc2C1=O)C(=O)NCC(=O)O. The molecule has 6 N–H and O–H groups in total. The zero-order valence-corrected chi connectivity index (χ0v) is 18.5. The molecule has 182 valence electrons. The summed E-state index contributed by atoms with van der Waals surface area (Å²) in [5.41, 5.74) is 5.95. The summed E-state index contributed by atoms with van der Waals surface area (Å²) in [6.07, 6.45) is -0.603. The summed E-state index contributed by atoms with van der Waals surface area (Å²) in [7, 11) is 0. The van der Waals surface area contributed by atoms with Crippen LogP contribution in [-0.2, 0) is 24.0 Å². The Bertz CT molecular complexity index is 994. The van der Waals surface area contributed by atoms with Crippen molar-refractivity contribution in [3.05, 3.63) is 35.4 Å². The number of thioether (sulfide) groups is 1. The van der Waals surface area contributed by atoms with E-state index >= 15 is 0 Å². The van der Waals surface area contributed by atoms with E-state index in [4.69, 9.17) is 15.9 Å². The average molecular weight is 494 g/mol. The first kappa shape index (κ1) is 26.5. The lowest BCUT2D eigenvalue weighted by molar-refractivity contribution is -0.138. The Labute approximate surface area is 197 Å². The lowest BCUT2D eigenvalue weighted by Crippen LogP contribution is -2.53. The molecule has 1 aromatic rings. The summed E-state index contributed by atoms with van der Waals surface area (Å²) >= 11 is 0.546. The quantitative estimate of drug-likeness (QED) is 0.209. The van der Waals surface area contributed by atoms with Gasteiger partial charge < -0.3 is 26.6 Å². The fourth-order valence-electron chi connectivity index (χ4n) is 2.89. The van der Waals surface area contributed by atoms with Crippen LogP contribution in [0.5, 0.6) is 0 Å². The molecule has 0 aromatic heterocycles. The Balaban J connectivity index is 1.99. The lowest BCUT2D eigenvalue weighted by Gasteiger charge is -2.20. The summed E-state index contributed by atoms with van der Waals surface area (Å²) in [4.78, 5) is 83.8. The maximum absolute atomic E-state index is 12.4. The van der Waals surface area contributed by atoms with Gasteiger partial charge in [-0.25, -0.2) is 0 Å². The number of nitrogens with one attached hydrogen (secondary N) is 2. The van der Waals surface area contributed by atoms with Gasteiger partial charge in [-0.3, -0.25) is 38.5 Å². The predicted octanol–water partition coefficient (Wildman–Crippen LogP) is -1.58. The van der Waals surface area contributed by atoms with Crippen LogP contribution < -0.4 is 16.4 Å². The highest BCUT2D eigenvalue weighted by Crippen LogP contribution is 2.23. The molecule has 14 heteroatoms. The van der Waals surface area contributed by atoms with Gasteiger partial charge in [-0.05, 0) is 18.6 Å². The molecule has 0 aliphatic carbocycles. The van der Waals surface area contributed by atoms with E-state index in [-0.39, 0.29) is 23.3 Å². The summed E-state index contributed by atoms with van der Waals surface area (Å²) in [6, 6.07) is 3.42. The zero-order chi connectivity index (χ0) is 25.4. The number of amides is 4. The Morgan fingerprint density at radius 1 is 0.971 bits per heavy atom. The molecule has 0 saturated heterocycles. The number of benzene rings is 1. The number of carbonyl (C=O) groups is 7. The largest absolute Gasteiger partial charge is 0.481 e. The number of nitrogens with zero attached hydrogens (tertiary/aromatic N) is 1. The molecule has 1 aromatic carbocycles. The Hall–Kier alpha value is -3.78. The van der Waals surface area contributed by atoms with Gasteiger partial charge >= 0.3 is 11.9 Å². The molecule has 4 amide bonds. The molecule has 0 spiro atoms. The number of carboxylic acid groups (broad SMARTS) is 2. The third kappa shape index (κ3) is 7.11. The number of fused-ring (bicyclic) bond motifs is 1.